The maximum atomic E-state index is 12.1. The predicted molar refractivity (Wildman–Crippen MR) is 73.6 cm³/mol. The summed E-state index contributed by atoms with van der Waals surface area (Å²) in [6.07, 6.45) is 4.66. The number of hydrogen-bond donors (Lipinski definition) is 1. The molecule has 4 nitrogen and oxygen atoms in total. The average Bonchev–Trinajstić information content (AvgIpc) is 2.35. The molecular weight excluding hydrogens is 244 g/mol. The van der Waals surface area contributed by atoms with Crippen LogP contribution in [0.2, 0.25) is 0 Å². The van der Waals surface area contributed by atoms with E-state index in [9.17, 15) is 14.7 Å². The largest absolute Gasteiger partial charge is 0.506 e. The quantitative estimate of drug-likeness (QED) is 0.841. The van der Waals surface area contributed by atoms with Gasteiger partial charge in [-0.25, -0.2) is 0 Å². The van der Waals surface area contributed by atoms with E-state index < -0.39 is 0 Å². The Morgan fingerprint density at radius 2 is 2.11 bits per heavy atom. The van der Waals surface area contributed by atoms with Crippen molar-refractivity contribution in [1.82, 2.24) is 0 Å². The maximum absolute atomic E-state index is 12.1. The van der Waals surface area contributed by atoms with Gasteiger partial charge in [-0.2, -0.15) is 0 Å². The SMILES string of the molecule is C/C=C/c1cc2c(=O)c(C)coc2c(C(C)=O)c1O. The van der Waals surface area contributed by atoms with Crippen LogP contribution in [0.4, 0.5) is 0 Å². The molecule has 1 aromatic heterocycles. The molecule has 0 spiro atoms. The third-order valence-corrected chi connectivity index (χ3v) is 2.94. The van der Waals surface area contributed by atoms with Gasteiger partial charge in [0, 0.05) is 11.1 Å². The van der Waals surface area contributed by atoms with E-state index in [1.165, 1.54) is 19.3 Å². The van der Waals surface area contributed by atoms with Crippen LogP contribution in [0.3, 0.4) is 0 Å². The van der Waals surface area contributed by atoms with Crippen molar-refractivity contribution in [3.8, 4) is 5.75 Å². The highest BCUT2D eigenvalue weighted by molar-refractivity contribution is 6.08. The monoisotopic (exact) mass is 258 g/mol. The summed E-state index contributed by atoms with van der Waals surface area (Å²) < 4.78 is 5.32. The Labute approximate surface area is 110 Å². The molecule has 0 fully saturated rings. The topological polar surface area (TPSA) is 67.5 Å². The Hall–Kier alpha value is -2.36. The molecule has 19 heavy (non-hydrogen) atoms. The Kier molecular flexibility index (Phi) is 3.25. The standard InChI is InChI=1S/C15H14O4/c1-4-5-10-6-11-13(17)8(2)7-19-15(11)12(9(3)16)14(10)18/h4-7,18H,1-3H3/b5-4+. The number of carbonyl (C=O) groups is 1. The van der Waals surface area contributed by atoms with Crippen molar-refractivity contribution < 1.29 is 14.3 Å². The van der Waals surface area contributed by atoms with E-state index in [0.29, 0.717) is 16.5 Å². The minimum absolute atomic E-state index is 0.0442. The van der Waals surface area contributed by atoms with Crippen molar-refractivity contribution in [2.45, 2.75) is 20.8 Å². The fraction of sp³-hybridized carbons (Fsp3) is 0.200. The highest BCUT2D eigenvalue weighted by Crippen LogP contribution is 2.31. The van der Waals surface area contributed by atoms with Gasteiger partial charge in [0.15, 0.2) is 16.8 Å². The molecule has 0 aliphatic carbocycles. The number of Topliss-reactive ketones (excluding diaryl/α,β-unsaturated/α-hetero) is 1. The number of carbonyl (C=O) groups excluding carboxylic acids is 1. The second kappa shape index (κ2) is 4.72. The molecular formula is C15H14O4. The molecule has 0 bridgehead atoms. The number of fused-ring (bicyclic) bond motifs is 1. The van der Waals surface area contributed by atoms with Gasteiger partial charge in [0.05, 0.1) is 11.6 Å². The van der Waals surface area contributed by atoms with Gasteiger partial charge in [-0.1, -0.05) is 12.2 Å². The fourth-order valence-corrected chi connectivity index (χ4v) is 2.01. The second-order valence-corrected chi connectivity index (χ2v) is 4.37. The summed E-state index contributed by atoms with van der Waals surface area (Å²) in [5, 5.41) is 10.4. The second-order valence-electron chi connectivity index (χ2n) is 4.37. The minimum Gasteiger partial charge on any atom is -0.506 e. The summed E-state index contributed by atoms with van der Waals surface area (Å²) >= 11 is 0. The van der Waals surface area contributed by atoms with Crippen molar-refractivity contribution in [2.24, 2.45) is 0 Å². The summed E-state index contributed by atoms with van der Waals surface area (Å²) in [5.41, 5.74) is 0.864. The number of aryl methyl sites for hydroxylation is 1. The van der Waals surface area contributed by atoms with Crippen molar-refractivity contribution in [2.75, 3.05) is 0 Å². The van der Waals surface area contributed by atoms with Crippen molar-refractivity contribution in [3.63, 3.8) is 0 Å². The number of aromatic hydroxyl groups is 1. The van der Waals surface area contributed by atoms with Crippen LogP contribution in [0.15, 0.2) is 27.6 Å². The van der Waals surface area contributed by atoms with Crippen molar-refractivity contribution in [1.29, 1.82) is 0 Å². The van der Waals surface area contributed by atoms with Crippen LogP contribution >= 0.6 is 0 Å². The molecule has 0 saturated carbocycles. The normalized spacial score (nSPS) is 11.3. The smallest absolute Gasteiger partial charge is 0.195 e. The summed E-state index contributed by atoms with van der Waals surface area (Å²) in [6, 6.07) is 1.54. The zero-order chi connectivity index (χ0) is 14.2. The highest BCUT2D eigenvalue weighted by Gasteiger charge is 2.19. The first-order chi connectivity index (χ1) is 8.97. The van der Waals surface area contributed by atoms with E-state index in [0.717, 1.165) is 0 Å². The van der Waals surface area contributed by atoms with E-state index in [2.05, 4.69) is 0 Å². The lowest BCUT2D eigenvalue weighted by atomic mass is 10.0. The molecule has 0 aliphatic heterocycles. The van der Waals surface area contributed by atoms with Crippen LogP contribution in [-0.4, -0.2) is 10.9 Å². The number of phenolic OH excluding ortho intramolecular Hbond substituents is 1. The first-order valence-corrected chi connectivity index (χ1v) is 5.89. The molecule has 0 unspecified atom stereocenters. The molecule has 0 aliphatic rings. The van der Waals surface area contributed by atoms with Gasteiger partial charge in [-0.15, -0.1) is 0 Å². The number of rotatable bonds is 2. The molecule has 4 heteroatoms. The number of phenols is 1. The summed E-state index contributed by atoms with van der Waals surface area (Å²) in [7, 11) is 0. The van der Waals surface area contributed by atoms with E-state index in [4.69, 9.17) is 4.42 Å². The third kappa shape index (κ3) is 2.05. The van der Waals surface area contributed by atoms with Crippen LogP contribution in [-0.2, 0) is 0 Å². The maximum Gasteiger partial charge on any atom is 0.195 e. The van der Waals surface area contributed by atoms with E-state index in [-0.39, 0.29) is 28.1 Å². The zero-order valence-corrected chi connectivity index (χ0v) is 11.0. The molecule has 0 atom stereocenters. The molecule has 0 amide bonds. The van der Waals surface area contributed by atoms with Crippen LogP contribution in [0.25, 0.3) is 17.0 Å². The first kappa shape index (κ1) is 13.1. The Balaban J connectivity index is 3.04. The molecule has 0 radical (unpaired) electrons. The zero-order valence-electron chi connectivity index (χ0n) is 11.0. The lowest BCUT2D eigenvalue weighted by Gasteiger charge is -2.08. The lowest BCUT2D eigenvalue weighted by Crippen LogP contribution is -2.07. The Morgan fingerprint density at radius 1 is 1.42 bits per heavy atom. The van der Waals surface area contributed by atoms with Gasteiger partial charge < -0.3 is 9.52 Å². The molecule has 0 saturated heterocycles. The first-order valence-electron chi connectivity index (χ1n) is 5.89. The lowest BCUT2D eigenvalue weighted by molar-refractivity contribution is 0.101. The minimum atomic E-state index is -0.346. The molecule has 98 valence electrons. The van der Waals surface area contributed by atoms with Crippen molar-refractivity contribution >= 4 is 22.8 Å². The number of allylic oxidation sites excluding steroid dienone is 1. The predicted octanol–water partition coefficient (Wildman–Crippen LogP) is 3.04. The molecule has 2 aromatic rings. The fourth-order valence-electron chi connectivity index (χ4n) is 2.01. The van der Waals surface area contributed by atoms with Gasteiger partial charge in [-0.3, -0.25) is 9.59 Å². The van der Waals surface area contributed by atoms with Crippen LogP contribution < -0.4 is 5.43 Å². The molecule has 1 aromatic carbocycles. The number of benzene rings is 1. The third-order valence-electron chi connectivity index (χ3n) is 2.94. The van der Waals surface area contributed by atoms with Gasteiger partial charge >= 0.3 is 0 Å². The van der Waals surface area contributed by atoms with Gasteiger partial charge in [-0.05, 0) is 26.8 Å². The molecule has 1 heterocycles. The summed E-state index contributed by atoms with van der Waals surface area (Å²) in [6.45, 7) is 4.75. The highest BCUT2D eigenvalue weighted by atomic mass is 16.3. The van der Waals surface area contributed by atoms with Gasteiger partial charge in [0.25, 0.3) is 0 Å². The van der Waals surface area contributed by atoms with Gasteiger partial charge in [0.1, 0.15) is 11.3 Å². The van der Waals surface area contributed by atoms with E-state index >= 15 is 0 Å². The molecule has 2 rings (SSSR count). The van der Waals surface area contributed by atoms with Crippen LogP contribution in [0.1, 0.15) is 35.3 Å². The number of ketones is 1. The van der Waals surface area contributed by atoms with Gasteiger partial charge in [0.2, 0.25) is 0 Å². The average molecular weight is 258 g/mol. The van der Waals surface area contributed by atoms with Crippen molar-refractivity contribution in [3.05, 3.63) is 45.3 Å². The Bertz CT molecular complexity index is 751. The van der Waals surface area contributed by atoms with E-state index in [1.54, 1.807) is 26.0 Å². The Morgan fingerprint density at radius 3 is 2.68 bits per heavy atom. The number of hydrogen-bond acceptors (Lipinski definition) is 4. The summed E-state index contributed by atoms with van der Waals surface area (Å²) in [5.74, 6) is -0.508. The molecule has 1 N–H and O–H groups in total. The summed E-state index contributed by atoms with van der Waals surface area (Å²) in [4.78, 5) is 23.8. The van der Waals surface area contributed by atoms with Crippen LogP contribution in [0.5, 0.6) is 5.75 Å². The van der Waals surface area contributed by atoms with Crippen LogP contribution in [0, 0.1) is 6.92 Å². The van der Waals surface area contributed by atoms with E-state index in [1.807, 2.05) is 0 Å².